The van der Waals surface area contributed by atoms with Crippen molar-refractivity contribution in [2.24, 2.45) is 11.5 Å². The lowest BCUT2D eigenvalue weighted by Gasteiger charge is -2.15. The first-order chi connectivity index (χ1) is 9.67. The molecule has 1 heterocycles. The van der Waals surface area contributed by atoms with E-state index < -0.39 is 39.9 Å². The summed E-state index contributed by atoms with van der Waals surface area (Å²) in [5.74, 6) is -0.875. The summed E-state index contributed by atoms with van der Waals surface area (Å²) in [6.07, 6.45) is -0.345. The van der Waals surface area contributed by atoms with Crippen molar-refractivity contribution in [3.05, 3.63) is 11.7 Å². The summed E-state index contributed by atoms with van der Waals surface area (Å²) in [4.78, 5) is 14.9. The number of nitrogens with two attached hydrogens (primary N) is 2. The van der Waals surface area contributed by atoms with Crippen molar-refractivity contribution in [1.29, 1.82) is 0 Å². The van der Waals surface area contributed by atoms with Gasteiger partial charge in [-0.25, -0.2) is 13.1 Å². The first kappa shape index (κ1) is 17.5. The summed E-state index contributed by atoms with van der Waals surface area (Å²) in [7, 11) is -3.67. The van der Waals surface area contributed by atoms with Crippen LogP contribution >= 0.6 is 0 Å². The van der Waals surface area contributed by atoms with E-state index in [2.05, 4.69) is 14.9 Å². The molecule has 1 aromatic heterocycles. The number of nitrogens with zero attached hydrogens (tertiary/aromatic N) is 2. The van der Waals surface area contributed by atoms with Crippen LogP contribution in [0, 0.1) is 0 Å². The van der Waals surface area contributed by atoms with Crippen molar-refractivity contribution in [1.82, 2.24) is 14.9 Å². The van der Waals surface area contributed by atoms with Gasteiger partial charge in [-0.05, 0) is 13.8 Å². The SMILES string of the molecule is CC(C)S(=O)(=O)N[C@@H](CC(N)=O)c1nc([C@@H](N)CO)no1. The third-order valence-electron chi connectivity index (χ3n) is 2.62. The Morgan fingerprint density at radius 3 is 2.57 bits per heavy atom. The first-order valence-corrected chi connectivity index (χ1v) is 7.71. The lowest BCUT2D eigenvalue weighted by atomic mass is 10.2. The lowest BCUT2D eigenvalue weighted by Crippen LogP contribution is -2.36. The smallest absolute Gasteiger partial charge is 0.245 e. The van der Waals surface area contributed by atoms with Crippen LogP contribution in [0.3, 0.4) is 0 Å². The Bertz CT molecular complexity index is 584. The molecule has 0 unspecified atom stereocenters. The fourth-order valence-corrected chi connectivity index (χ4v) is 2.19. The van der Waals surface area contributed by atoms with Gasteiger partial charge in [0.05, 0.1) is 24.3 Å². The van der Waals surface area contributed by atoms with E-state index in [0.717, 1.165) is 0 Å². The van der Waals surface area contributed by atoms with Gasteiger partial charge in [0.2, 0.25) is 21.8 Å². The van der Waals surface area contributed by atoms with E-state index in [9.17, 15) is 13.2 Å². The minimum absolute atomic E-state index is 0.00529. The Labute approximate surface area is 121 Å². The molecule has 21 heavy (non-hydrogen) atoms. The lowest BCUT2D eigenvalue weighted by molar-refractivity contribution is -0.118. The van der Waals surface area contributed by atoms with Gasteiger partial charge >= 0.3 is 0 Å². The van der Waals surface area contributed by atoms with Crippen LogP contribution in [0.2, 0.25) is 0 Å². The van der Waals surface area contributed by atoms with Crippen molar-refractivity contribution in [3.63, 3.8) is 0 Å². The van der Waals surface area contributed by atoms with Crippen molar-refractivity contribution < 1.29 is 22.8 Å². The number of carbonyl (C=O) groups excluding carboxylic acids is 1. The highest BCUT2D eigenvalue weighted by Crippen LogP contribution is 2.18. The molecule has 0 aliphatic carbocycles. The Balaban J connectivity index is 3.03. The molecule has 0 saturated carbocycles. The van der Waals surface area contributed by atoms with Crippen molar-refractivity contribution in [2.75, 3.05) is 6.61 Å². The molecule has 1 rings (SSSR count). The first-order valence-electron chi connectivity index (χ1n) is 6.16. The molecule has 0 aromatic carbocycles. The number of hydrogen-bond donors (Lipinski definition) is 4. The van der Waals surface area contributed by atoms with E-state index in [0.29, 0.717) is 0 Å². The van der Waals surface area contributed by atoms with Gasteiger partial charge in [0.15, 0.2) is 5.82 Å². The van der Waals surface area contributed by atoms with E-state index in [4.69, 9.17) is 21.1 Å². The zero-order chi connectivity index (χ0) is 16.2. The topological polar surface area (TPSA) is 174 Å². The fourth-order valence-electron chi connectivity index (χ4n) is 1.34. The number of nitrogens with one attached hydrogen (secondary N) is 1. The molecule has 11 heteroatoms. The molecule has 0 saturated heterocycles. The van der Waals surface area contributed by atoms with Gasteiger partial charge < -0.3 is 21.1 Å². The molecule has 0 aliphatic rings. The number of aromatic nitrogens is 2. The molecule has 6 N–H and O–H groups in total. The molecule has 0 bridgehead atoms. The summed E-state index contributed by atoms with van der Waals surface area (Å²) in [5, 5.41) is 11.7. The number of sulfonamides is 1. The van der Waals surface area contributed by atoms with Crippen molar-refractivity contribution in [3.8, 4) is 0 Å². The van der Waals surface area contributed by atoms with Crippen LogP contribution in [0.1, 0.15) is 44.1 Å². The van der Waals surface area contributed by atoms with Crippen LogP contribution in [-0.2, 0) is 14.8 Å². The maximum atomic E-state index is 11.9. The summed E-state index contributed by atoms with van der Waals surface area (Å²) in [6, 6.07) is -1.94. The predicted octanol–water partition coefficient (Wildman–Crippen LogP) is -1.69. The van der Waals surface area contributed by atoms with Crippen LogP contribution in [0.25, 0.3) is 0 Å². The number of carbonyl (C=O) groups is 1. The van der Waals surface area contributed by atoms with E-state index >= 15 is 0 Å². The molecule has 0 fully saturated rings. The second kappa shape index (κ2) is 6.93. The second-order valence-corrected chi connectivity index (χ2v) is 6.98. The van der Waals surface area contributed by atoms with Crippen LogP contribution in [-0.4, -0.2) is 41.4 Å². The number of amides is 1. The standard InChI is InChI=1S/C10H19N5O5S/c1-5(2)21(18,19)15-7(3-8(12)17)10-13-9(14-20-10)6(11)4-16/h5-7,15-16H,3-4,11H2,1-2H3,(H2,12,17)/t6-,7-/m0/s1. The average molecular weight is 321 g/mol. The summed E-state index contributed by atoms with van der Waals surface area (Å²) in [5.41, 5.74) is 10.6. The van der Waals surface area contributed by atoms with E-state index in [-0.39, 0.29) is 18.1 Å². The van der Waals surface area contributed by atoms with E-state index in [1.54, 1.807) is 0 Å². The minimum atomic E-state index is -3.67. The van der Waals surface area contributed by atoms with Crippen LogP contribution in [0.5, 0.6) is 0 Å². The largest absolute Gasteiger partial charge is 0.394 e. The van der Waals surface area contributed by atoms with Gasteiger partial charge in [0, 0.05) is 0 Å². The van der Waals surface area contributed by atoms with Gasteiger partial charge in [-0.1, -0.05) is 5.16 Å². The second-order valence-electron chi connectivity index (χ2n) is 4.71. The Kier molecular flexibility index (Phi) is 5.78. The van der Waals surface area contributed by atoms with Crippen molar-refractivity contribution in [2.45, 2.75) is 37.6 Å². The van der Waals surface area contributed by atoms with Crippen LogP contribution in [0.4, 0.5) is 0 Å². The summed E-state index contributed by atoms with van der Waals surface area (Å²) >= 11 is 0. The van der Waals surface area contributed by atoms with E-state index in [1.165, 1.54) is 13.8 Å². The number of primary amides is 1. The van der Waals surface area contributed by atoms with Gasteiger partial charge in [0.1, 0.15) is 6.04 Å². The quantitative estimate of drug-likeness (QED) is 0.438. The zero-order valence-corrected chi connectivity index (χ0v) is 12.5. The molecule has 0 aliphatic heterocycles. The van der Waals surface area contributed by atoms with Crippen molar-refractivity contribution >= 4 is 15.9 Å². The maximum Gasteiger partial charge on any atom is 0.245 e. The molecular formula is C10H19N5O5S. The number of hydrogen-bond acceptors (Lipinski definition) is 8. The third-order valence-corrected chi connectivity index (χ3v) is 4.47. The maximum absolute atomic E-state index is 11.9. The minimum Gasteiger partial charge on any atom is -0.394 e. The molecule has 0 spiro atoms. The number of aliphatic hydroxyl groups excluding tert-OH is 1. The van der Waals surface area contributed by atoms with Gasteiger partial charge in [-0.15, -0.1) is 0 Å². The molecule has 2 atom stereocenters. The van der Waals surface area contributed by atoms with Crippen LogP contribution < -0.4 is 16.2 Å². The highest BCUT2D eigenvalue weighted by atomic mass is 32.2. The summed E-state index contributed by atoms with van der Waals surface area (Å²) < 4.78 is 30.9. The monoisotopic (exact) mass is 321 g/mol. The average Bonchev–Trinajstić information content (AvgIpc) is 2.85. The zero-order valence-electron chi connectivity index (χ0n) is 11.7. The third kappa shape index (κ3) is 4.74. The van der Waals surface area contributed by atoms with Gasteiger partial charge in [0.25, 0.3) is 0 Å². The highest BCUT2D eigenvalue weighted by Gasteiger charge is 2.28. The fraction of sp³-hybridized carbons (Fsp3) is 0.700. The Morgan fingerprint density at radius 2 is 2.10 bits per heavy atom. The molecule has 10 nitrogen and oxygen atoms in total. The van der Waals surface area contributed by atoms with Gasteiger partial charge in [-0.2, -0.15) is 4.98 Å². The molecule has 0 radical (unpaired) electrons. The highest BCUT2D eigenvalue weighted by molar-refractivity contribution is 7.90. The molecule has 1 aromatic rings. The van der Waals surface area contributed by atoms with E-state index in [1.807, 2.05) is 0 Å². The number of rotatable bonds is 8. The normalized spacial score (nSPS) is 15.1. The predicted molar refractivity (Wildman–Crippen MR) is 72.1 cm³/mol. The number of aliphatic hydroxyl groups is 1. The Morgan fingerprint density at radius 1 is 1.48 bits per heavy atom. The van der Waals surface area contributed by atoms with Gasteiger partial charge in [-0.3, -0.25) is 4.79 Å². The Hall–Kier alpha value is -1.56. The molecular weight excluding hydrogens is 302 g/mol. The summed E-state index contributed by atoms with van der Waals surface area (Å²) in [6.45, 7) is 2.55. The molecule has 1 amide bonds. The van der Waals surface area contributed by atoms with Crippen LogP contribution in [0.15, 0.2) is 4.52 Å². The molecule has 120 valence electrons.